The second-order valence-electron chi connectivity index (χ2n) is 5.70. The monoisotopic (exact) mass is 319 g/mol. The Labute approximate surface area is 134 Å². The van der Waals surface area contributed by atoms with Gasteiger partial charge in [-0.05, 0) is 25.0 Å². The van der Waals surface area contributed by atoms with Crippen LogP contribution in [0.1, 0.15) is 29.4 Å². The highest BCUT2D eigenvalue weighted by molar-refractivity contribution is 6.31. The minimum absolute atomic E-state index is 0.111. The highest BCUT2D eigenvalue weighted by Gasteiger charge is 2.41. The molecule has 2 atom stereocenters. The minimum Gasteiger partial charge on any atom is -0.361 e. The summed E-state index contributed by atoms with van der Waals surface area (Å²) >= 11 is 6.19. The van der Waals surface area contributed by atoms with Gasteiger partial charge in [0, 0.05) is 30.1 Å². The van der Waals surface area contributed by atoms with Crippen LogP contribution in [-0.4, -0.2) is 29.2 Å². The third-order valence-electron chi connectivity index (χ3n) is 3.83. The molecule has 1 aromatic carbocycles. The Hall–Kier alpha value is -2.01. The third-order valence-corrected chi connectivity index (χ3v) is 4.17. The van der Waals surface area contributed by atoms with Crippen LogP contribution < -0.4 is 5.32 Å². The average molecular weight is 320 g/mol. The van der Waals surface area contributed by atoms with Gasteiger partial charge < -0.3 is 14.7 Å². The average Bonchev–Trinajstić information content (AvgIpc) is 3.12. The summed E-state index contributed by atoms with van der Waals surface area (Å²) < 4.78 is 5.00. The van der Waals surface area contributed by atoms with Gasteiger partial charge in [0.2, 0.25) is 0 Å². The zero-order chi connectivity index (χ0) is 15.7. The Bertz CT molecular complexity index is 686. The number of rotatable bonds is 4. The van der Waals surface area contributed by atoms with Crippen LogP contribution in [0.3, 0.4) is 0 Å². The molecular formula is C16H18ClN3O2. The summed E-state index contributed by atoms with van der Waals surface area (Å²) in [5, 5.41) is 7.68. The highest BCUT2D eigenvalue weighted by atomic mass is 35.5. The first kappa shape index (κ1) is 14.9. The number of nitrogens with zero attached hydrogens (tertiary/aromatic N) is 2. The summed E-state index contributed by atoms with van der Waals surface area (Å²) in [6, 6.07) is 9.64. The predicted octanol–water partition coefficient (Wildman–Crippen LogP) is 3.33. The predicted molar refractivity (Wildman–Crippen MR) is 83.8 cm³/mol. The number of hydrogen-bond acceptors (Lipinski definition) is 3. The van der Waals surface area contributed by atoms with E-state index in [1.807, 2.05) is 37.3 Å². The van der Waals surface area contributed by atoms with Gasteiger partial charge in [0.05, 0.1) is 6.54 Å². The maximum atomic E-state index is 12.2. The third kappa shape index (κ3) is 3.25. The molecule has 1 fully saturated rings. The van der Waals surface area contributed by atoms with E-state index in [0.717, 1.165) is 28.5 Å². The number of aromatic nitrogens is 1. The molecule has 0 spiro atoms. The van der Waals surface area contributed by atoms with Crippen molar-refractivity contribution in [3.8, 4) is 0 Å². The number of carbonyl (C=O) groups is 1. The first-order valence-electron chi connectivity index (χ1n) is 7.23. The Morgan fingerprint density at radius 3 is 2.95 bits per heavy atom. The lowest BCUT2D eigenvalue weighted by Crippen LogP contribution is -2.38. The second kappa shape index (κ2) is 6.01. The lowest BCUT2D eigenvalue weighted by molar-refractivity contribution is 0.205. The number of urea groups is 1. The number of halogens is 1. The van der Waals surface area contributed by atoms with E-state index in [9.17, 15) is 4.79 Å². The molecule has 2 aromatic rings. The zero-order valence-corrected chi connectivity index (χ0v) is 13.3. The van der Waals surface area contributed by atoms with E-state index in [-0.39, 0.29) is 12.1 Å². The van der Waals surface area contributed by atoms with E-state index in [1.165, 1.54) is 0 Å². The first-order valence-corrected chi connectivity index (χ1v) is 7.60. The fraction of sp³-hybridized carbons (Fsp3) is 0.375. The smallest absolute Gasteiger partial charge is 0.317 e. The molecular weight excluding hydrogens is 302 g/mol. The van der Waals surface area contributed by atoms with Gasteiger partial charge in [0.1, 0.15) is 11.5 Å². The standard InChI is InChI=1S/C16H18ClN3O2/c1-10-7-11(19-22-10)9-20(2)16(21)18-15-8-13(15)12-5-3-4-6-14(12)17/h3-7,13,15H,8-9H2,1-2H3,(H,18,21)/t13-,15-/m0/s1. The van der Waals surface area contributed by atoms with Crippen molar-refractivity contribution >= 4 is 17.6 Å². The van der Waals surface area contributed by atoms with Gasteiger partial charge in [0.15, 0.2) is 0 Å². The number of benzene rings is 1. The Morgan fingerprint density at radius 1 is 1.50 bits per heavy atom. The quantitative estimate of drug-likeness (QED) is 0.940. The van der Waals surface area contributed by atoms with Gasteiger partial charge >= 0.3 is 6.03 Å². The molecule has 22 heavy (non-hydrogen) atoms. The molecule has 1 heterocycles. The number of amides is 2. The van der Waals surface area contributed by atoms with Crippen LogP contribution in [0.2, 0.25) is 5.02 Å². The van der Waals surface area contributed by atoms with E-state index in [0.29, 0.717) is 12.5 Å². The van der Waals surface area contributed by atoms with Gasteiger partial charge in [-0.2, -0.15) is 0 Å². The summed E-state index contributed by atoms with van der Waals surface area (Å²) in [6.45, 7) is 2.25. The van der Waals surface area contributed by atoms with E-state index < -0.39 is 0 Å². The number of nitrogens with one attached hydrogen (secondary N) is 1. The topological polar surface area (TPSA) is 58.4 Å². The number of hydrogen-bond donors (Lipinski definition) is 1. The fourth-order valence-electron chi connectivity index (χ4n) is 2.55. The molecule has 0 unspecified atom stereocenters. The van der Waals surface area contributed by atoms with Crippen molar-refractivity contribution in [1.29, 1.82) is 0 Å². The van der Waals surface area contributed by atoms with Gasteiger partial charge in [-0.3, -0.25) is 0 Å². The molecule has 0 saturated heterocycles. The number of carbonyl (C=O) groups excluding carboxylic acids is 1. The molecule has 1 saturated carbocycles. The van der Waals surface area contributed by atoms with Crippen LogP contribution in [0, 0.1) is 6.92 Å². The van der Waals surface area contributed by atoms with Crippen molar-refractivity contribution in [2.24, 2.45) is 0 Å². The van der Waals surface area contributed by atoms with Gasteiger partial charge in [-0.1, -0.05) is 35.0 Å². The van der Waals surface area contributed by atoms with Crippen molar-refractivity contribution in [3.05, 3.63) is 52.4 Å². The lowest BCUT2D eigenvalue weighted by atomic mass is 10.1. The van der Waals surface area contributed by atoms with E-state index in [2.05, 4.69) is 10.5 Å². The Kier molecular flexibility index (Phi) is 4.07. The molecule has 0 aliphatic heterocycles. The minimum atomic E-state index is -0.111. The van der Waals surface area contributed by atoms with Crippen molar-refractivity contribution < 1.29 is 9.32 Å². The normalized spacial score (nSPS) is 19.8. The van der Waals surface area contributed by atoms with Crippen LogP contribution >= 0.6 is 11.6 Å². The maximum Gasteiger partial charge on any atom is 0.317 e. The van der Waals surface area contributed by atoms with Crippen LogP contribution in [0.15, 0.2) is 34.9 Å². The number of aryl methyl sites for hydroxylation is 1. The first-order chi connectivity index (χ1) is 10.5. The zero-order valence-electron chi connectivity index (χ0n) is 12.5. The molecule has 1 aromatic heterocycles. The summed E-state index contributed by atoms with van der Waals surface area (Å²) in [5.74, 6) is 1.05. The second-order valence-corrected chi connectivity index (χ2v) is 6.11. The summed E-state index contributed by atoms with van der Waals surface area (Å²) in [4.78, 5) is 13.8. The fourth-order valence-corrected chi connectivity index (χ4v) is 2.83. The summed E-state index contributed by atoms with van der Waals surface area (Å²) in [5.41, 5.74) is 1.85. The molecule has 0 radical (unpaired) electrons. The van der Waals surface area contributed by atoms with Crippen molar-refractivity contribution in [2.75, 3.05) is 7.05 Å². The highest BCUT2D eigenvalue weighted by Crippen LogP contribution is 2.43. The molecule has 6 heteroatoms. The van der Waals surface area contributed by atoms with Crippen LogP contribution in [-0.2, 0) is 6.54 Å². The molecule has 2 amide bonds. The van der Waals surface area contributed by atoms with Gasteiger partial charge in [0.25, 0.3) is 0 Å². The van der Waals surface area contributed by atoms with Crippen LogP contribution in [0.4, 0.5) is 4.79 Å². The van der Waals surface area contributed by atoms with Crippen molar-refractivity contribution in [2.45, 2.75) is 31.8 Å². The van der Waals surface area contributed by atoms with Crippen LogP contribution in [0.25, 0.3) is 0 Å². The lowest BCUT2D eigenvalue weighted by Gasteiger charge is -2.16. The Morgan fingerprint density at radius 2 is 2.27 bits per heavy atom. The molecule has 1 aliphatic rings. The Balaban J connectivity index is 1.54. The molecule has 116 valence electrons. The molecule has 1 N–H and O–H groups in total. The molecule has 5 nitrogen and oxygen atoms in total. The van der Waals surface area contributed by atoms with E-state index in [4.69, 9.17) is 16.1 Å². The summed E-state index contributed by atoms with van der Waals surface area (Å²) in [7, 11) is 1.74. The molecule has 0 bridgehead atoms. The van der Waals surface area contributed by atoms with E-state index in [1.54, 1.807) is 11.9 Å². The van der Waals surface area contributed by atoms with E-state index >= 15 is 0 Å². The van der Waals surface area contributed by atoms with Gasteiger partial charge in [-0.15, -0.1) is 0 Å². The van der Waals surface area contributed by atoms with Crippen molar-refractivity contribution in [3.63, 3.8) is 0 Å². The van der Waals surface area contributed by atoms with Crippen LogP contribution in [0.5, 0.6) is 0 Å². The molecule has 1 aliphatic carbocycles. The SMILES string of the molecule is Cc1cc(CN(C)C(=O)N[C@H]2C[C@H]2c2ccccc2Cl)no1. The van der Waals surface area contributed by atoms with Gasteiger partial charge in [-0.25, -0.2) is 4.79 Å². The summed E-state index contributed by atoms with van der Waals surface area (Å²) in [6.07, 6.45) is 0.923. The largest absolute Gasteiger partial charge is 0.361 e. The maximum absolute atomic E-state index is 12.2. The molecule has 3 rings (SSSR count). The van der Waals surface area contributed by atoms with Crippen molar-refractivity contribution in [1.82, 2.24) is 15.4 Å².